The van der Waals surface area contributed by atoms with Crippen molar-refractivity contribution in [3.63, 3.8) is 0 Å². The van der Waals surface area contributed by atoms with Crippen molar-refractivity contribution >= 4 is 5.97 Å². The van der Waals surface area contributed by atoms with Crippen LogP contribution in [0, 0.1) is 23.2 Å². The molecule has 0 heterocycles. The van der Waals surface area contributed by atoms with E-state index in [9.17, 15) is 4.79 Å². The van der Waals surface area contributed by atoms with Gasteiger partial charge in [-0.25, -0.2) is 0 Å². The maximum Gasteiger partial charge on any atom is 0.313 e. The number of hydrogen-bond acceptors (Lipinski definition) is 2. The van der Waals surface area contributed by atoms with Crippen molar-refractivity contribution in [2.24, 2.45) is 23.2 Å². The van der Waals surface area contributed by atoms with E-state index in [1.165, 1.54) is 18.3 Å². The molecule has 2 nitrogen and oxygen atoms in total. The Balaban J connectivity index is 2.28. The monoisotopic (exact) mass is 194 g/mol. The molecule has 0 aromatic rings. The van der Waals surface area contributed by atoms with Gasteiger partial charge in [0.2, 0.25) is 0 Å². The van der Waals surface area contributed by atoms with Gasteiger partial charge in [-0.1, -0.05) is 25.0 Å². The minimum atomic E-state index is -0.0481. The molecule has 0 saturated heterocycles. The number of fused-ring (bicyclic) bond motifs is 1. The summed E-state index contributed by atoms with van der Waals surface area (Å²) in [6.45, 7) is 8.67. The van der Waals surface area contributed by atoms with Gasteiger partial charge in [0.25, 0.3) is 0 Å². The van der Waals surface area contributed by atoms with Crippen LogP contribution < -0.4 is 0 Å². The Morgan fingerprint density at radius 2 is 1.93 bits per heavy atom. The SMILES string of the molecule is COC(=O)[C@@H]1C(=C(C)C)[C@@H]2[C@H]1C2(C)C. The number of rotatable bonds is 1. The van der Waals surface area contributed by atoms with E-state index in [2.05, 4.69) is 27.7 Å². The third-order valence-electron chi connectivity index (χ3n) is 3.97. The van der Waals surface area contributed by atoms with Crippen LogP contribution in [0.1, 0.15) is 27.7 Å². The Morgan fingerprint density at radius 1 is 1.36 bits per heavy atom. The van der Waals surface area contributed by atoms with Gasteiger partial charge in [0.05, 0.1) is 13.0 Å². The molecular weight excluding hydrogens is 176 g/mol. The van der Waals surface area contributed by atoms with Gasteiger partial charge >= 0.3 is 5.97 Å². The zero-order valence-electron chi connectivity index (χ0n) is 9.55. The van der Waals surface area contributed by atoms with Crippen molar-refractivity contribution in [2.45, 2.75) is 27.7 Å². The lowest BCUT2D eigenvalue weighted by Crippen LogP contribution is -2.30. The Morgan fingerprint density at radius 3 is 2.36 bits per heavy atom. The lowest BCUT2D eigenvalue weighted by Gasteiger charge is -2.28. The minimum absolute atomic E-state index is 0.0481. The molecule has 0 aromatic carbocycles. The van der Waals surface area contributed by atoms with Crippen LogP contribution in [0.15, 0.2) is 11.1 Å². The van der Waals surface area contributed by atoms with Crippen molar-refractivity contribution in [1.82, 2.24) is 0 Å². The summed E-state index contributed by atoms with van der Waals surface area (Å²) in [5.41, 5.74) is 2.96. The summed E-state index contributed by atoms with van der Waals surface area (Å²) in [7, 11) is 1.48. The first-order valence-electron chi connectivity index (χ1n) is 5.18. The van der Waals surface area contributed by atoms with Crippen molar-refractivity contribution < 1.29 is 9.53 Å². The topological polar surface area (TPSA) is 26.3 Å². The number of hydrogen-bond donors (Lipinski definition) is 0. The lowest BCUT2D eigenvalue weighted by molar-refractivity contribution is -0.146. The Kier molecular flexibility index (Phi) is 1.82. The molecule has 0 radical (unpaired) electrons. The molecule has 0 amide bonds. The largest absolute Gasteiger partial charge is 0.469 e. The van der Waals surface area contributed by atoms with Crippen LogP contribution in [0.5, 0.6) is 0 Å². The van der Waals surface area contributed by atoms with E-state index in [4.69, 9.17) is 4.74 Å². The highest BCUT2D eigenvalue weighted by Crippen LogP contribution is 2.76. The van der Waals surface area contributed by atoms with E-state index in [0.29, 0.717) is 17.3 Å². The highest BCUT2D eigenvalue weighted by atomic mass is 16.5. The molecule has 0 N–H and O–H groups in total. The quantitative estimate of drug-likeness (QED) is 0.473. The fourth-order valence-electron chi connectivity index (χ4n) is 3.18. The van der Waals surface area contributed by atoms with Gasteiger partial charge in [-0.15, -0.1) is 0 Å². The Labute approximate surface area is 85.3 Å². The summed E-state index contributed by atoms with van der Waals surface area (Å²) < 4.78 is 4.85. The van der Waals surface area contributed by atoms with E-state index >= 15 is 0 Å². The molecule has 3 atom stereocenters. The molecule has 2 saturated carbocycles. The normalized spacial score (nSPS) is 36.9. The van der Waals surface area contributed by atoms with Crippen molar-refractivity contribution in [3.8, 4) is 0 Å². The van der Waals surface area contributed by atoms with Crippen LogP contribution in [0.2, 0.25) is 0 Å². The molecule has 0 spiro atoms. The number of carbonyl (C=O) groups is 1. The molecule has 2 heteroatoms. The predicted molar refractivity (Wildman–Crippen MR) is 54.6 cm³/mol. The first kappa shape index (κ1) is 9.75. The van der Waals surface area contributed by atoms with Crippen molar-refractivity contribution in [2.75, 3.05) is 7.11 Å². The molecule has 2 aliphatic rings. The van der Waals surface area contributed by atoms with Gasteiger partial charge in [0.15, 0.2) is 0 Å². The minimum Gasteiger partial charge on any atom is -0.469 e. The summed E-state index contributed by atoms with van der Waals surface area (Å²) in [6.07, 6.45) is 0. The number of ether oxygens (including phenoxy) is 1. The number of carbonyl (C=O) groups excluding carboxylic acids is 1. The molecule has 0 aromatic heterocycles. The number of esters is 1. The van der Waals surface area contributed by atoms with Crippen LogP contribution >= 0.6 is 0 Å². The average Bonchev–Trinajstić information content (AvgIpc) is 2.44. The fourth-order valence-corrected chi connectivity index (χ4v) is 3.18. The molecule has 14 heavy (non-hydrogen) atoms. The first-order chi connectivity index (χ1) is 6.42. The standard InChI is InChI=1S/C12H18O2/c1-6(2)7-8(11(13)14-5)10-9(7)12(10,3)4/h8-10H,1-5H3/t8-,9-,10+/m1/s1. The smallest absolute Gasteiger partial charge is 0.313 e. The van der Waals surface area contributed by atoms with E-state index in [1.807, 2.05) is 0 Å². The molecule has 78 valence electrons. The van der Waals surface area contributed by atoms with Crippen LogP contribution in [0.3, 0.4) is 0 Å². The van der Waals surface area contributed by atoms with Gasteiger partial charge in [-0.3, -0.25) is 4.79 Å². The molecule has 0 bridgehead atoms. The average molecular weight is 194 g/mol. The van der Waals surface area contributed by atoms with Crippen LogP contribution in [0.25, 0.3) is 0 Å². The first-order valence-corrected chi connectivity index (χ1v) is 5.18. The van der Waals surface area contributed by atoms with Gasteiger partial charge in [0, 0.05) is 0 Å². The van der Waals surface area contributed by atoms with E-state index < -0.39 is 0 Å². The fraction of sp³-hybridized carbons (Fsp3) is 0.750. The summed E-state index contributed by atoms with van der Waals surface area (Å²) in [5, 5.41) is 0. The second kappa shape index (κ2) is 2.62. The lowest BCUT2D eigenvalue weighted by atomic mass is 9.77. The molecule has 2 fully saturated rings. The van der Waals surface area contributed by atoms with E-state index in [1.54, 1.807) is 0 Å². The van der Waals surface area contributed by atoms with Crippen molar-refractivity contribution in [3.05, 3.63) is 11.1 Å². The second-order valence-electron chi connectivity index (χ2n) is 5.28. The van der Waals surface area contributed by atoms with Crippen LogP contribution in [-0.4, -0.2) is 13.1 Å². The Bertz CT molecular complexity index is 321. The summed E-state index contributed by atoms with van der Waals surface area (Å²) in [4.78, 5) is 11.6. The number of methoxy groups -OCH3 is 1. The molecular formula is C12H18O2. The molecule has 2 rings (SSSR count). The predicted octanol–water partition coefficient (Wildman–Crippen LogP) is 2.40. The van der Waals surface area contributed by atoms with Gasteiger partial charge in [-0.05, 0) is 31.1 Å². The third-order valence-corrected chi connectivity index (χ3v) is 3.97. The van der Waals surface area contributed by atoms with E-state index in [-0.39, 0.29) is 11.9 Å². The zero-order chi connectivity index (χ0) is 10.7. The van der Waals surface area contributed by atoms with Gasteiger partial charge in [0.1, 0.15) is 0 Å². The zero-order valence-corrected chi connectivity index (χ0v) is 9.55. The van der Waals surface area contributed by atoms with Crippen molar-refractivity contribution in [1.29, 1.82) is 0 Å². The van der Waals surface area contributed by atoms with Gasteiger partial charge in [-0.2, -0.15) is 0 Å². The summed E-state index contributed by atoms with van der Waals surface area (Å²) >= 11 is 0. The molecule has 0 aliphatic heterocycles. The second-order valence-corrected chi connectivity index (χ2v) is 5.28. The van der Waals surface area contributed by atoms with Gasteiger partial charge < -0.3 is 4.74 Å². The maximum absolute atomic E-state index is 11.6. The maximum atomic E-state index is 11.6. The molecule has 2 aliphatic carbocycles. The number of allylic oxidation sites excluding steroid dienone is 1. The molecule has 0 unspecified atom stereocenters. The highest BCUT2D eigenvalue weighted by Gasteiger charge is 2.74. The van der Waals surface area contributed by atoms with Crippen LogP contribution in [0.4, 0.5) is 0 Å². The van der Waals surface area contributed by atoms with E-state index in [0.717, 1.165) is 0 Å². The Hall–Kier alpha value is -0.790. The summed E-state index contributed by atoms with van der Waals surface area (Å²) in [5.74, 6) is 1.20. The third kappa shape index (κ3) is 0.943. The van der Waals surface area contributed by atoms with Crippen LogP contribution in [-0.2, 0) is 9.53 Å². The summed E-state index contributed by atoms with van der Waals surface area (Å²) in [6, 6.07) is 0. The highest BCUT2D eigenvalue weighted by molar-refractivity contribution is 5.81.